The van der Waals surface area contributed by atoms with E-state index in [0.717, 1.165) is 0 Å². The van der Waals surface area contributed by atoms with E-state index in [9.17, 15) is 9.59 Å². The molecular weight excluding hydrogens is 214 g/mol. The Balaban J connectivity index is 2.69. The molecule has 0 unspecified atom stereocenters. The molecule has 0 aliphatic rings. The van der Waals surface area contributed by atoms with Crippen LogP contribution in [0, 0.1) is 0 Å². The minimum atomic E-state index is -0.602. The van der Waals surface area contributed by atoms with Crippen molar-refractivity contribution in [2.75, 3.05) is 20.0 Å². The maximum absolute atomic E-state index is 11.2. The Bertz CT molecular complexity index is 399. The number of hydrogen-bond acceptors (Lipinski definition) is 6. The molecule has 0 aromatic carbocycles. The van der Waals surface area contributed by atoms with Crippen LogP contribution < -0.4 is 5.73 Å². The predicted octanol–water partition coefficient (Wildman–Crippen LogP) is -0.185. The molecule has 7 heteroatoms. The number of methoxy groups -OCH3 is 2. The zero-order chi connectivity index (χ0) is 12.1. The minimum absolute atomic E-state index is 0.0485. The van der Waals surface area contributed by atoms with Crippen molar-refractivity contribution in [1.82, 2.24) is 9.78 Å². The molecule has 0 fully saturated rings. The number of aryl methyl sites for hydroxylation is 1. The van der Waals surface area contributed by atoms with Gasteiger partial charge in [-0.05, 0) is 0 Å². The lowest BCUT2D eigenvalue weighted by Crippen LogP contribution is -2.09. The van der Waals surface area contributed by atoms with Gasteiger partial charge in [0.05, 0.1) is 32.9 Å². The molecular formula is C9H13N3O4. The number of esters is 2. The number of carbonyl (C=O) groups excluding carboxylic acids is 2. The maximum Gasteiger partial charge on any atom is 0.360 e. The standard InChI is InChI=1S/C9H13N3O4/c1-15-7(13)3-4-12-5-6(10)8(11-12)9(14)16-2/h5H,3-4,10H2,1-2H3. The SMILES string of the molecule is COC(=O)CCn1cc(N)c(C(=O)OC)n1. The van der Waals surface area contributed by atoms with E-state index in [4.69, 9.17) is 5.73 Å². The van der Waals surface area contributed by atoms with Crippen LogP contribution in [-0.4, -0.2) is 35.9 Å². The molecule has 0 amide bonds. The summed E-state index contributed by atoms with van der Waals surface area (Å²) in [5.41, 5.74) is 5.82. The molecule has 1 aromatic heterocycles. The van der Waals surface area contributed by atoms with Crippen molar-refractivity contribution in [3.05, 3.63) is 11.9 Å². The lowest BCUT2D eigenvalue weighted by atomic mass is 10.4. The van der Waals surface area contributed by atoms with Crippen LogP contribution in [0.5, 0.6) is 0 Å². The second-order valence-corrected chi connectivity index (χ2v) is 3.01. The van der Waals surface area contributed by atoms with E-state index in [1.807, 2.05) is 0 Å². The number of rotatable bonds is 4. The van der Waals surface area contributed by atoms with Gasteiger partial charge in [-0.25, -0.2) is 4.79 Å². The summed E-state index contributed by atoms with van der Waals surface area (Å²) in [4.78, 5) is 22.1. The van der Waals surface area contributed by atoms with Gasteiger partial charge in [-0.1, -0.05) is 0 Å². The van der Waals surface area contributed by atoms with Crippen molar-refractivity contribution < 1.29 is 19.1 Å². The summed E-state index contributed by atoms with van der Waals surface area (Å²) in [5.74, 6) is -0.956. The van der Waals surface area contributed by atoms with Crippen molar-refractivity contribution in [1.29, 1.82) is 0 Å². The molecule has 0 aliphatic carbocycles. The van der Waals surface area contributed by atoms with Crippen molar-refractivity contribution in [2.45, 2.75) is 13.0 Å². The molecule has 7 nitrogen and oxygen atoms in total. The number of ether oxygens (including phenoxy) is 2. The van der Waals surface area contributed by atoms with E-state index in [1.165, 1.54) is 25.1 Å². The van der Waals surface area contributed by atoms with Gasteiger partial charge in [0.1, 0.15) is 0 Å². The van der Waals surface area contributed by atoms with E-state index in [0.29, 0.717) is 6.54 Å². The molecule has 0 aliphatic heterocycles. The van der Waals surface area contributed by atoms with Gasteiger partial charge in [0, 0.05) is 6.20 Å². The van der Waals surface area contributed by atoms with E-state index < -0.39 is 5.97 Å². The highest BCUT2D eigenvalue weighted by atomic mass is 16.5. The molecule has 2 N–H and O–H groups in total. The fraction of sp³-hybridized carbons (Fsp3) is 0.444. The third kappa shape index (κ3) is 2.72. The van der Waals surface area contributed by atoms with Crippen molar-refractivity contribution in [3.63, 3.8) is 0 Å². The molecule has 0 atom stereocenters. The highest BCUT2D eigenvalue weighted by molar-refractivity contribution is 5.92. The van der Waals surface area contributed by atoms with Crippen LogP contribution in [0.4, 0.5) is 5.69 Å². The summed E-state index contributed by atoms with van der Waals surface area (Å²) in [7, 11) is 2.55. The van der Waals surface area contributed by atoms with Crippen molar-refractivity contribution >= 4 is 17.6 Å². The first-order valence-electron chi connectivity index (χ1n) is 4.56. The van der Waals surface area contributed by atoms with Crippen molar-refractivity contribution in [2.24, 2.45) is 0 Å². The molecule has 0 saturated heterocycles. The Labute approximate surface area is 92.1 Å². The molecule has 1 heterocycles. The van der Waals surface area contributed by atoms with Gasteiger partial charge in [0.2, 0.25) is 0 Å². The van der Waals surface area contributed by atoms with Gasteiger partial charge < -0.3 is 15.2 Å². The number of hydrogen-bond donors (Lipinski definition) is 1. The Kier molecular flexibility index (Phi) is 3.87. The number of nitrogen functional groups attached to an aromatic ring is 1. The Hall–Kier alpha value is -2.05. The minimum Gasteiger partial charge on any atom is -0.469 e. The highest BCUT2D eigenvalue weighted by Gasteiger charge is 2.15. The number of carbonyl (C=O) groups is 2. The molecule has 0 radical (unpaired) electrons. The lowest BCUT2D eigenvalue weighted by Gasteiger charge is -1.99. The third-order valence-corrected chi connectivity index (χ3v) is 1.94. The predicted molar refractivity (Wildman–Crippen MR) is 54.6 cm³/mol. The zero-order valence-corrected chi connectivity index (χ0v) is 9.10. The summed E-state index contributed by atoms with van der Waals surface area (Å²) in [5, 5.41) is 3.90. The topological polar surface area (TPSA) is 96.4 Å². The monoisotopic (exact) mass is 227 g/mol. The summed E-state index contributed by atoms with van der Waals surface area (Å²) in [6, 6.07) is 0. The van der Waals surface area contributed by atoms with Gasteiger partial charge in [-0.3, -0.25) is 9.48 Å². The van der Waals surface area contributed by atoms with E-state index in [-0.39, 0.29) is 23.8 Å². The largest absolute Gasteiger partial charge is 0.469 e. The van der Waals surface area contributed by atoms with Crippen molar-refractivity contribution in [3.8, 4) is 0 Å². The van der Waals surface area contributed by atoms with Gasteiger partial charge in [-0.15, -0.1) is 0 Å². The fourth-order valence-electron chi connectivity index (χ4n) is 1.11. The lowest BCUT2D eigenvalue weighted by molar-refractivity contribution is -0.140. The van der Waals surface area contributed by atoms with Crippen LogP contribution in [0.1, 0.15) is 16.9 Å². The fourth-order valence-corrected chi connectivity index (χ4v) is 1.11. The molecule has 0 spiro atoms. The quantitative estimate of drug-likeness (QED) is 0.716. The second-order valence-electron chi connectivity index (χ2n) is 3.01. The Morgan fingerprint density at radius 3 is 2.69 bits per heavy atom. The molecule has 1 aromatic rings. The molecule has 88 valence electrons. The molecule has 0 saturated carbocycles. The molecule has 16 heavy (non-hydrogen) atoms. The molecule has 1 rings (SSSR count). The molecule has 0 bridgehead atoms. The van der Waals surface area contributed by atoms with Crippen LogP contribution in [0.25, 0.3) is 0 Å². The van der Waals surface area contributed by atoms with Crippen LogP contribution in [0.2, 0.25) is 0 Å². The van der Waals surface area contributed by atoms with Crippen LogP contribution in [0.3, 0.4) is 0 Å². The van der Waals surface area contributed by atoms with Gasteiger partial charge in [0.25, 0.3) is 0 Å². The van der Waals surface area contributed by atoms with E-state index >= 15 is 0 Å². The first kappa shape index (κ1) is 12.0. The van der Waals surface area contributed by atoms with Gasteiger partial charge in [0.15, 0.2) is 5.69 Å². The third-order valence-electron chi connectivity index (χ3n) is 1.94. The average Bonchev–Trinajstić information content (AvgIpc) is 2.66. The summed E-state index contributed by atoms with van der Waals surface area (Å²) < 4.78 is 10.4. The Morgan fingerprint density at radius 2 is 2.12 bits per heavy atom. The highest BCUT2D eigenvalue weighted by Crippen LogP contribution is 2.10. The Morgan fingerprint density at radius 1 is 1.44 bits per heavy atom. The second kappa shape index (κ2) is 5.15. The van der Waals surface area contributed by atoms with Gasteiger partial charge in [-0.2, -0.15) is 5.10 Å². The number of nitrogens with zero attached hydrogens (tertiary/aromatic N) is 2. The number of aromatic nitrogens is 2. The average molecular weight is 227 g/mol. The normalized spacial score (nSPS) is 9.88. The van der Waals surface area contributed by atoms with E-state index in [1.54, 1.807) is 0 Å². The summed E-state index contributed by atoms with van der Waals surface area (Å²) in [6.07, 6.45) is 1.63. The number of anilines is 1. The van der Waals surface area contributed by atoms with Crippen LogP contribution in [0.15, 0.2) is 6.20 Å². The smallest absolute Gasteiger partial charge is 0.360 e. The van der Waals surface area contributed by atoms with Gasteiger partial charge >= 0.3 is 11.9 Å². The first-order valence-corrected chi connectivity index (χ1v) is 4.56. The number of nitrogens with two attached hydrogens (primary N) is 1. The maximum atomic E-state index is 11.2. The van der Waals surface area contributed by atoms with Crippen LogP contribution in [-0.2, 0) is 20.8 Å². The zero-order valence-electron chi connectivity index (χ0n) is 9.10. The first-order chi connectivity index (χ1) is 7.58. The van der Waals surface area contributed by atoms with Crippen LogP contribution >= 0.6 is 0 Å². The summed E-state index contributed by atoms with van der Waals surface area (Å²) in [6.45, 7) is 0.299. The summed E-state index contributed by atoms with van der Waals surface area (Å²) >= 11 is 0. The van der Waals surface area contributed by atoms with E-state index in [2.05, 4.69) is 14.6 Å².